The molecule has 0 atom stereocenters. The first-order valence-corrected chi connectivity index (χ1v) is 3.56. The number of nitrogens with zero attached hydrogens (tertiary/aromatic N) is 2. The minimum atomic E-state index is 0.0694. The van der Waals surface area contributed by atoms with Crippen LogP contribution in [0.25, 0.3) is 0 Å². The summed E-state index contributed by atoms with van der Waals surface area (Å²) in [6.45, 7) is 1.10. The highest BCUT2D eigenvalue weighted by molar-refractivity contribution is 5.08. The monoisotopic (exact) mass is 138 g/mol. The van der Waals surface area contributed by atoms with Crippen molar-refractivity contribution in [3.63, 3.8) is 0 Å². The van der Waals surface area contributed by atoms with E-state index in [4.69, 9.17) is 5.11 Å². The van der Waals surface area contributed by atoms with E-state index in [1.807, 2.05) is 6.20 Å². The number of rotatable bonds is 1. The van der Waals surface area contributed by atoms with Crippen molar-refractivity contribution in [2.75, 3.05) is 0 Å². The highest BCUT2D eigenvalue weighted by Crippen LogP contribution is 2.15. The largest absolute Gasteiger partial charge is 0.388 e. The van der Waals surface area contributed by atoms with Gasteiger partial charge in [-0.3, -0.25) is 0 Å². The Hall–Kier alpha value is -0.830. The number of hydrogen-bond acceptors (Lipinski definition) is 2. The van der Waals surface area contributed by atoms with Crippen molar-refractivity contribution in [3.8, 4) is 0 Å². The number of fused-ring (bicyclic) bond motifs is 1. The van der Waals surface area contributed by atoms with Crippen molar-refractivity contribution in [2.45, 2.75) is 26.0 Å². The molecule has 0 unspecified atom stereocenters. The zero-order valence-electron chi connectivity index (χ0n) is 5.75. The number of aromatic nitrogens is 2. The summed E-state index contributed by atoms with van der Waals surface area (Å²) in [6.07, 6.45) is 4.18. The molecule has 3 heteroatoms. The van der Waals surface area contributed by atoms with Gasteiger partial charge in [-0.2, -0.15) is 0 Å². The highest BCUT2D eigenvalue weighted by atomic mass is 16.3. The first-order valence-electron chi connectivity index (χ1n) is 3.56. The van der Waals surface area contributed by atoms with E-state index in [1.54, 1.807) is 0 Å². The van der Waals surface area contributed by atoms with Crippen molar-refractivity contribution >= 4 is 0 Å². The smallest absolute Gasteiger partial charge is 0.134 e. The van der Waals surface area contributed by atoms with Crippen LogP contribution in [0.4, 0.5) is 0 Å². The van der Waals surface area contributed by atoms with Crippen molar-refractivity contribution in [3.05, 3.63) is 17.7 Å². The molecule has 1 aliphatic rings. The van der Waals surface area contributed by atoms with E-state index in [1.165, 1.54) is 12.1 Å². The normalized spacial score (nSPS) is 15.7. The van der Waals surface area contributed by atoms with Gasteiger partial charge in [-0.05, 0) is 12.8 Å². The zero-order chi connectivity index (χ0) is 6.97. The average molecular weight is 138 g/mol. The standard InChI is InChI=1S/C7H10N2O/c10-5-7-8-4-6-2-1-3-9(6)7/h4,10H,1-3,5H2. The highest BCUT2D eigenvalue weighted by Gasteiger charge is 2.13. The summed E-state index contributed by atoms with van der Waals surface area (Å²) in [6, 6.07) is 0. The fraction of sp³-hybridized carbons (Fsp3) is 0.571. The van der Waals surface area contributed by atoms with Gasteiger partial charge in [0.25, 0.3) is 0 Å². The Morgan fingerprint density at radius 1 is 1.70 bits per heavy atom. The summed E-state index contributed by atoms with van der Waals surface area (Å²) in [7, 11) is 0. The molecule has 0 saturated heterocycles. The lowest BCUT2D eigenvalue weighted by Crippen LogP contribution is -1.99. The third-order valence-electron chi connectivity index (χ3n) is 1.98. The molecule has 2 rings (SSSR count). The molecular formula is C7H10N2O. The predicted molar refractivity (Wildman–Crippen MR) is 36.5 cm³/mol. The fourth-order valence-electron chi connectivity index (χ4n) is 1.47. The zero-order valence-corrected chi connectivity index (χ0v) is 5.75. The number of aliphatic hydroxyl groups excluding tert-OH is 1. The number of imidazole rings is 1. The third kappa shape index (κ3) is 0.671. The van der Waals surface area contributed by atoms with Gasteiger partial charge in [-0.15, -0.1) is 0 Å². The molecule has 0 spiro atoms. The Kier molecular flexibility index (Phi) is 1.24. The molecule has 0 saturated carbocycles. The summed E-state index contributed by atoms with van der Waals surface area (Å²) in [5.41, 5.74) is 1.27. The van der Waals surface area contributed by atoms with Gasteiger partial charge in [0, 0.05) is 18.4 Å². The molecule has 0 aromatic carbocycles. The average Bonchev–Trinajstić information content (AvgIpc) is 2.44. The second-order valence-electron chi connectivity index (χ2n) is 2.58. The maximum absolute atomic E-state index is 8.81. The molecule has 0 amide bonds. The van der Waals surface area contributed by atoms with Crippen molar-refractivity contribution in [2.24, 2.45) is 0 Å². The van der Waals surface area contributed by atoms with Gasteiger partial charge in [-0.1, -0.05) is 0 Å². The molecule has 1 aliphatic heterocycles. The second-order valence-corrected chi connectivity index (χ2v) is 2.58. The predicted octanol–water partition coefficient (Wildman–Crippen LogP) is 0.322. The molecule has 0 radical (unpaired) electrons. The van der Waals surface area contributed by atoms with E-state index in [-0.39, 0.29) is 6.61 Å². The van der Waals surface area contributed by atoms with E-state index < -0.39 is 0 Å². The van der Waals surface area contributed by atoms with E-state index in [0.717, 1.165) is 18.8 Å². The molecule has 0 bridgehead atoms. The number of aryl methyl sites for hydroxylation is 1. The van der Waals surface area contributed by atoms with Crippen LogP contribution >= 0.6 is 0 Å². The summed E-state index contributed by atoms with van der Waals surface area (Å²) in [4.78, 5) is 4.07. The molecular weight excluding hydrogens is 128 g/mol. The van der Waals surface area contributed by atoms with Crippen molar-refractivity contribution < 1.29 is 5.11 Å². The second kappa shape index (κ2) is 2.09. The van der Waals surface area contributed by atoms with Gasteiger partial charge in [0.15, 0.2) is 0 Å². The van der Waals surface area contributed by atoms with Gasteiger partial charge in [0.05, 0.1) is 0 Å². The van der Waals surface area contributed by atoms with Gasteiger partial charge in [-0.25, -0.2) is 4.98 Å². The van der Waals surface area contributed by atoms with Crippen LogP contribution in [0.1, 0.15) is 17.9 Å². The van der Waals surface area contributed by atoms with Crippen molar-refractivity contribution in [1.29, 1.82) is 0 Å². The Labute approximate surface area is 59.3 Å². The molecule has 3 nitrogen and oxygen atoms in total. The lowest BCUT2D eigenvalue weighted by Gasteiger charge is -1.98. The maximum atomic E-state index is 8.81. The summed E-state index contributed by atoms with van der Waals surface area (Å²) in [5, 5.41) is 8.81. The van der Waals surface area contributed by atoms with E-state index in [9.17, 15) is 0 Å². The van der Waals surface area contributed by atoms with Crippen molar-refractivity contribution in [1.82, 2.24) is 9.55 Å². The van der Waals surface area contributed by atoms with Gasteiger partial charge in [0.1, 0.15) is 12.4 Å². The van der Waals surface area contributed by atoms with Gasteiger partial charge >= 0.3 is 0 Å². The summed E-state index contributed by atoms with van der Waals surface area (Å²) in [5.74, 6) is 0.813. The van der Waals surface area contributed by atoms with E-state index in [2.05, 4.69) is 9.55 Å². The molecule has 10 heavy (non-hydrogen) atoms. The molecule has 0 fully saturated rings. The topological polar surface area (TPSA) is 38.1 Å². The van der Waals surface area contributed by atoms with Crippen LogP contribution in [0.15, 0.2) is 6.20 Å². The lowest BCUT2D eigenvalue weighted by molar-refractivity contribution is 0.266. The molecule has 1 N–H and O–H groups in total. The Bertz CT molecular complexity index is 242. The van der Waals surface area contributed by atoms with Crippen LogP contribution in [0.3, 0.4) is 0 Å². The van der Waals surface area contributed by atoms with E-state index >= 15 is 0 Å². The Morgan fingerprint density at radius 3 is 3.40 bits per heavy atom. The first-order chi connectivity index (χ1) is 4.92. The maximum Gasteiger partial charge on any atom is 0.134 e. The van der Waals surface area contributed by atoms with Gasteiger partial charge in [0.2, 0.25) is 0 Å². The molecule has 0 aliphatic carbocycles. The van der Waals surface area contributed by atoms with Crippen LogP contribution in [0, 0.1) is 0 Å². The SMILES string of the molecule is OCc1ncc2n1CCC2. The molecule has 1 aromatic rings. The Morgan fingerprint density at radius 2 is 2.60 bits per heavy atom. The third-order valence-corrected chi connectivity index (χ3v) is 1.98. The van der Waals surface area contributed by atoms with Crippen LogP contribution in [-0.2, 0) is 19.6 Å². The minimum Gasteiger partial charge on any atom is -0.388 e. The summed E-state index contributed by atoms with van der Waals surface area (Å²) >= 11 is 0. The fourth-order valence-corrected chi connectivity index (χ4v) is 1.47. The molecule has 2 heterocycles. The minimum absolute atomic E-state index is 0.0694. The van der Waals surface area contributed by atoms with Crippen LogP contribution in [0.5, 0.6) is 0 Å². The van der Waals surface area contributed by atoms with Crippen LogP contribution in [-0.4, -0.2) is 14.7 Å². The lowest BCUT2D eigenvalue weighted by atomic mass is 10.3. The number of hydrogen-bond donors (Lipinski definition) is 1. The van der Waals surface area contributed by atoms with Crippen LogP contribution in [0.2, 0.25) is 0 Å². The molecule has 54 valence electrons. The van der Waals surface area contributed by atoms with Gasteiger partial charge < -0.3 is 9.67 Å². The molecule has 1 aromatic heterocycles. The number of aliphatic hydroxyl groups is 1. The van der Waals surface area contributed by atoms with E-state index in [0.29, 0.717) is 0 Å². The van der Waals surface area contributed by atoms with Crippen LogP contribution < -0.4 is 0 Å². The first kappa shape index (κ1) is 5.92. The summed E-state index contributed by atoms with van der Waals surface area (Å²) < 4.78 is 2.10. The quantitative estimate of drug-likeness (QED) is 0.607. The Balaban J connectivity index is 2.44.